The number of benzene rings is 2. The van der Waals surface area contributed by atoms with Gasteiger partial charge in [-0.25, -0.2) is 9.97 Å². The lowest BCUT2D eigenvalue weighted by molar-refractivity contribution is 1.09. The third-order valence-corrected chi connectivity index (χ3v) is 4.11. The zero-order chi connectivity index (χ0) is 16.9. The molecule has 4 N–H and O–H groups in total. The molecule has 7 heteroatoms. The summed E-state index contributed by atoms with van der Waals surface area (Å²) < 4.78 is 0. The fraction of sp³-hybridized carbons (Fsp3) is 0.0588. The molecule has 0 saturated carbocycles. The second kappa shape index (κ2) is 7.38. The van der Waals surface area contributed by atoms with Crippen molar-refractivity contribution >= 4 is 46.2 Å². The van der Waals surface area contributed by atoms with Crippen LogP contribution in [-0.2, 0) is 6.54 Å². The number of rotatable bonds is 5. The van der Waals surface area contributed by atoms with Crippen LogP contribution in [0.1, 0.15) is 5.56 Å². The minimum Gasteiger partial charge on any atom is -0.393 e. The van der Waals surface area contributed by atoms with Crippen LogP contribution in [0.3, 0.4) is 0 Å². The summed E-state index contributed by atoms with van der Waals surface area (Å²) in [5, 5.41) is 7.28. The summed E-state index contributed by atoms with van der Waals surface area (Å²) in [6.07, 6.45) is 1.45. The van der Waals surface area contributed by atoms with Gasteiger partial charge in [-0.3, -0.25) is 0 Å². The molecule has 0 radical (unpaired) electrons. The van der Waals surface area contributed by atoms with Gasteiger partial charge < -0.3 is 16.4 Å². The molecule has 0 aliphatic heterocycles. The van der Waals surface area contributed by atoms with E-state index in [-0.39, 0.29) is 0 Å². The van der Waals surface area contributed by atoms with Crippen molar-refractivity contribution in [1.29, 1.82) is 0 Å². The Hall–Kier alpha value is -2.50. The minimum absolute atomic E-state index is 0.430. The average Bonchev–Trinajstić information content (AvgIpc) is 2.60. The van der Waals surface area contributed by atoms with Crippen molar-refractivity contribution in [3.8, 4) is 0 Å². The highest BCUT2D eigenvalue weighted by atomic mass is 35.5. The van der Waals surface area contributed by atoms with Gasteiger partial charge in [0.05, 0.1) is 10.0 Å². The molecule has 0 unspecified atom stereocenters. The maximum atomic E-state index is 6.15. The van der Waals surface area contributed by atoms with Gasteiger partial charge in [-0.05, 0) is 23.8 Å². The number of nitrogen functional groups attached to an aromatic ring is 1. The predicted octanol–water partition coefficient (Wildman–Crippen LogP) is 4.72. The smallest absolute Gasteiger partial charge is 0.159 e. The van der Waals surface area contributed by atoms with Crippen LogP contribution in [0, 0.1) is 0 Å². The van der Waals surface area contributed by atoms with E-state index >= 15 is 0 Å². The van der Waals surface area contributed by atoms with Crippen LogP contribution in [0.5, 0.6) is 0 Å². The fourth-order valence-electron chi connectivity index (χ4n) is 2.13. The molecule has 1 aromatic heterocycles. The molecule has 0 atom stereocenters. The lowest BCUT2D eigenvalue weighted by Gasteiger charge is -2.13. The van der Waals surface area contributed by atoms with E-state index in [2.05, 4.69) is 20.6 Å². The molecule has 0 amide bonds. The molecule has 24 heavy (non-hydrogen) atoms. The van der Waals surface area contributed by atoms with Gasteiger partial charge in [0.25, 0.3) is 0 Å². The highest BCUT2D eigenvalue weighted by molar-refractivity contribution is 6.42. The molecule has 3 aromatic rings. The molecule has 3 rings (SSSR count). The Labute approximate surface area is 149 Å². The molecular formula is C17H15Cl2N5. The zero-order valence-electron chi connectivity index (χ0n) is 12.6. The van der Waals surface area contributed by atoms with Crippen LogP contribution in [-0.4, -0.2) is 9.97 Å². The van der Waals surface area contributed by atoms with E-state index in [1.165, 1.54) is 6.33 Å². The van der Waals surface area contributed by atoms with Gasteiger partial charge in [-0.15, -0.1) is 0 Å². The number of nitrogens with two attached hydrogens (primary N) is 1. The Balaban J connectivity index is 1.76. The van der Waals surface area contributed by atoms with Gasteiger partial charge in [0.2, 0.25) is 0 Å². The molecular weight excluding hydrogens is 345 g/mol. The predicted molar refractivity (Wildman–Crippen MR) is 100.0 cm³/mol. The van der Waals surface area contributed by atoms with E-state index < -0.39 is 0 Å². The van der Waals surface area contributed by atoms with Gasteiger partial charge in [0.15, 0.2) is 11.6 Å². The van der Waals surface area contributed by atoms with Crippen molar-refractivity contribution in [2.45, 2.75) is 6.54 Å². The Morgan fingerprint density at radius 1 is 0.917 bits per heavy atom. The van der Waals surface area contributed by atoms with Gasteiger partial charge >= 0.3 is 0 Å². The number of halogens is 2. The van der Waals surface area contributed by atoms with E-state index in [0.717, 1.165) is 11.3 Å². The van der Waals surface area contributed by atoms with Crippen LogP contribution in [0.25, 0.3) is 0 Å². The van der Waals surface area contributed by atoms with Gasteiger partial charge in [-0.1, -0.05) is 53.5 Å². The summed E-state index contributed by atoms with van der Waals surface area (Å²) in [6.45, 7) is 0.619. The minimum atomic E-state index is 0.430. The first-order valence-corrected chi connectivity index (χ1v) is 7.99. The molecule has 122 valence electrons. The standard InChI is InChI=1S/C17H15Cl2N5/c18-13-7-6-12(8-14(13)19)24-17-15(20)16(22-10-23-17)21-9-11-4-2-1-3-5-11/h1-8,10H,9,20H2,(H2,21,22,23,24). The SMILES string of the molecule is Nc1c(NCc2ccccc2)ncnc1Nc1ccc(Cl)c(Cl)c1. The van der Waals surface area contributed by atoms with Crippen molar-refractivity contribution in [1.82, 2.24) is 9.97 Å². The number of aromatic nitrogens is 2. The molecule has 0 fully saturated rings. The van der Waals surface area contributed by atoms with E-state index in [1.807, 2.05) is 30.3 Å². The van der Waals surface area contributed by atoms with Gasteiger partial charge in [-0.2, -0.15) is 0 Å². The molecule has 1 heterocycles. The fourth-order valence-corrected chi connectivity index (χ4v) is 2.43. The summed E-state index contributed by atoms with van der Waals surface area (Å²) in [5.41, 5.74) is 8.46. The maximum Gasteiger partial charge on any atom is 0.159 e. The molecule has 0 saturated heterocycles. The van der Waals surface area contributed by atoms with Crippen LogP contribution < -0.4 is 16.4 Å². The quantitative estimate of drug-likeness (QED) is 0.614. The van der Waals surface area contributed by atoms with Crippen molar-refractivity contribution in [3.05, 3.63) is 70.5 Å². The number of anilines is 4. The van der Waals surface area contributed by atoms with E-state index in [0.29, 0.717) is 33.9 Å². The van der Waals surface area contributed by atoms with E-state index in [4.69, 9.17) is 28.9 Å². The average molecular weight is 360 g/mol. The van der Waals surface area contributed by atoms with E-state index in [9.17, 15) is 0 Å². The molecule has 0 bridgehead atoms. The highest BCUT2D eigenvalue weighted by Gasteiger charge is 2.09. The van der Waals surface area contributed by atoms with Gasteiger partial charge in [0, 0.05) is 12.2 Å². The van der Waals surface area contributed by atoms with Crippen LogP contribution in [0.4, 0.5) is 23.0 Å². The van der Waals surface area contributed by atoms with Crippen molar-refractivity contribution in [3.63, 3.8) is 0 Å². The largest absolute Gasteiger partial charge is 0.393 e. The molecule has 0 spiro atoms. The second-order valence-corrected chi connectivity index (χ2v) is 5.89. The first-order chi connectivity index (χ1) is 11.6. The Morgan fingerprint density at radius 3 is 2.42 bits per heavy atom. The summed E-state index contributed by atoms with van der Waals surface area (Å²) in [6, 6.07) is 15.2. The summed E-state index contributed by atoms with van der Waals surface area (Å²) in [5.74, 6) is 1.07. The molecule has 0 aliphatic rings. The topological polar surface area (TPSA) is 75.9 Å². The van der Waals surface area contributed by atoms with Gasteiger partial charge in [0.1, 0.15) is 12.0 Å². The highest BCUT2D eigenvalue weighted by Crippen LogP contribution is 2.29. The summed E-state index contributed by atoms with van der Waals surface area (Å²) in [4.78, 5) is 8.37. The Kier molecular flexibility index (Phi) is 5.03. The first kappa shape index (κ1) is 16.4. The third kappa shape index (κ3) is 3.88. The van der Waals surface area contributed by atoms with Crippen molar-refractivity contribution in [2.24, 2.45) is 0 Å². The Bertz CT molecular complexity index is 840. The second-order valence-electron chi connectivity index (χ2n) is 5.08. The van der Waals surface area contributed by atoms with E-state index in [1.54, 1.807) is 18.2 Å². The van der Waals surface area contributed by atoms with Crippen molar-refractivity contribution < 1.29 is 0 Å². The normalized spacial score (nSPS) is 10.4. The summed E-state index contributed by atoms with van der Waals surface area (Å²) >= 11 is 11.9. The van der Waals surface area contributed by atoms with Crippen LogP contribution in [0.2, 0.25) is 10.0 Å². The maximum absolute atomic E-state index is 6.15. The number of hydrogen-bond acceptors (Lipinski definition) is 5. The number of hydrogen-bond donors (Lipinski definition) is 3. The lowest BCUT2D eigenvalue weighted by Crippen LogP contribution is -2.08. The Morgan fingerprint density at radius 2 is 1.67 bits per heavy atom. The lowest BCUT2D eigenvalue weighted by atomic mass is 10.2. The molecule has 0 aliphatic carbocycles. The monoisotopic (exact) mass is 359 g/mol. The molecule has 2 aromatic carbocycles. The zero-order valence-corrected chi connectivity index (χ0v) is 14.1. The van der Waals surface area contributed by atoms with Crippen LogP contribution >= 0.6 is 23.2 Å². The number of nitrogens with zero attached hydrogens (tertiary/aromatic N) is 2. The number of nitrogens with one attached hydrogen (secondary N) is 2. The van der Waals surface area contributed by atoms with Crippen molar-refractivity contribution in [2.75, 3.05) is 16.4 Å². The summed E-state index contributed by atoms with van der Waals surface area (Å²) in [7, 11) is 0. The van der Waals surface area contributed by atoms with Crippen LogP contribution in [0.15, 0.2) is 54.9 Å². The third-order valence-electron chi connectivity index (χ3n) is 3.37. The first-order valence-electron chi connectivity index (χ1n) is 7.24. The molecule has 5 nitrogen and oxygen atoms in total.